The summed E-state index contributed by atoms with van der Waals surface area (Å²) in [5.74, 6) is -2.61. The maximum Gasteiger partial charge on any atom is 0.292 e. The second-order valence-electron chi connectivity index (χ2n) is 4.93. The van der Waals surface area contributed by atoms with Crippen LogP contribution in [0.1, 0.15) is 29.5 Å². The number of halogens is 2. The summed E-state index contributed by atoms with van der Waals surface area (Å²) in [4.78, 5) is 0. The summed E-state index contributed by atoms with van der Waals surface area (Å²) in [7, 11) is 1.44. The van der Waals surface area contributed by atoms with Gasteiger partial charge in [-0.2, -0.15) is 8.78 Å². The van der Waals surface area contributed by atoms with Crippen LogP contribution >= 0.6 is 0 Å². The predicted molar refractivity (Wildman–Crippen MR) is 67.4 cm³/mol. The van der Waals surface area contributed by atoms with E-state index < -0.39 is 12.0 Å². The van der Waals surface area contributed by atoms with E-state index in [-0.39, 0.29) is 11.3 Å². The van der Waals surface area contributed by atoms with Crippen LogP contribution < -0.4 is 10.1 Å². The van der Waals surface area contributed by atoms with Crippen molar-refractivity contribution in [3.05, 3.63) is 28.8 Å². The summed E-state index contributed by atoms with van der Waals surface area (Å²) in [6, 6.07) is 2.67. The molecule has 1 aliphatic rings. The average molecular weight is 255 g/mol. The molecule has 0 amide bonds. The third kappa shape index (κ3) is 2.21. The van der Waals surface area contributed by atoms with Gasteiger partial charge in [0, 0.05) is 0 Å². The van der Waals surface area contributed by atoms with E-state index in [1.54, 1.807) is 19.1 Å². The second kappa shape index (κ2) is 4.84. The van der Waals surface area contributed by atoms with Crippen LogP contribution in [0.3, 0.4) is 0 Å². The molecule has 1 aromatic rings. The molecule has 1 aliphatic heterocycles. The quantitative estimate of drug-likeness (QED) is 0.895. The average Bonchev–Trinajstić information content (AvgIpc) is 2.81. The molecule has 0 aliphatic carbocycles. The SMILES string of the molecule is COc1cc(C)cc(C)c1C(F)(F)C1CCCN1. The van der Waals surface area contributed by atoms with Gasteiger partial charge in [0.15, 0.2) is 0 Å². The van der Waals surface area contributed by atoms with Gasteiger partial charge in [0.2, 0.25) is 0 Å². The minimum atomic E-state index is -2.89. The Morgan fingerprint density at radius 3 is 2.61 bits per heavy atom. The zero-order valence-corrected chi connectivity index (χ0v) is 11.0. The molecule has 0 bridgehead atoms. The highest BCUT2D eigenvalue weighted by atomic mass is 19.3. The van der Waals surface area contributed by atoms with E-state index in [0.717, 1.165) is 12.0 Å². The van der Waals surface area contributed by atoms with Crippen LogP contribution in [0.15, 0.2) is 12.1 Å². The van der Waals surface area contributed by atoms with Crippen LogP contribution in [0.2, 0.25) is 0 Å². The number of hydrogen-bond donors (Lipinski definition) is 1. The first-order valence-electron chi connectivity index (χ1n) is 6.23. The molecular formula is C14H19F2NO. The van der Waals surface area contributed by atoms with Crippen molar-refractivity contribution in [2.24, 2.45) is 0 Å². The Morgan fingerprint density at radius 1 is 1.33 bits per heavy atom. The van der Waals surface area contributed by atoms with Crippen LogP contribution in [0.5, 0.6) is 5.75 Å². The minimum absolute atomic E-state index is 0.0231. The maximum atomic E-state index is 14.6. The fourth-order valence-electron chi connectivity index (χ4n) is 2.68. The summed E-state index contributed by atoms with van der Waals surface area (Å²) in [6.45, 7) is 4.26. The zero-order valence-electron chi connectivity index (χ0n) is 11.0. The number of hydrogen-bond acceptors (Lipinski definition) is 2. The first kappa shape index (κ1) is 13.3. The van der Waals surface area contributed by atoms with Gasteiger partial charge in [-0.25, -0.2) is 0 Å². The molecule has 4 heteroatoms. The molecule has 1 aromatic carbocycles. The molecule has 1 fully saturated rings. The summed E-state index contributed by atoms with van der Waals surface area (Å²) >= 11 is 0. The first-order chi connectivity index (χ1) is 8.46. The smallest absolute Gasteiger partial charge is 0.292 e. The molecule has 2 rings (SSSR count). The van der Waals surface area contributed by atoms with Crippen LogP contribution in [0, 0.1) is 13.8 Å². The van der Waals surface area contributed by atoms with Gasteiger partial charge in [0.1, 0.15) is 5.75 Å². The van der Waals surface area contributed by atoms with E-state index in [0.29, 0.717) is 18.5 Å². The predicted octanol–water partition coefficient (Wildman–Crippen LogP) is 3.16. The molecule has 1 atom stereocenters. The molecule has 0 aromatic heterocycles. The van der Waals surface area contributed by atoms with Crippen molar-refractivity contribution in [3.8, 4) is 5.75 Å². The molecule has 100 valence electrons. The van der Waals surface area contributed by atoms with Crippen molar-refractivity contribution < 1.29 is 13.5 Å². The molecule has 18 heavy (non-hydrogen) atoms. The fourth-order valence-corrected chi connectivity index (χ4v) is 2.68. The zero-order chi connectivity index (χ0) is 13.3. The van der Waals surface area contributed by atoms with E-state index >= 15 is 0 Å². The Labute approximate surface area is 106 Å². The van der Waals surface area contributed by atoms with E-state index in [4.69, 9.17) is 4.74 Å². The lowest BCUT2D eigenvalue weighted by molar-refractivity contribution is -0.0400. The molecule has 0 spiro atoms. The van der Waals surface area contributed by atoms with E-state index in [1.807, 2.05) is 6.92 Å². The van der Waals surface area contributed by atoms with Crippen LogP contribution in [0.25, 0.3) is 0 Å². The Bertz CT molecular complexity index is 440. The lowest BCUT2D eigenvalue weighted by Gasteiger charge is -2.27. The van der Waals surface area contributed by atoms with Crippen molar-refractivity contribution in [1.82, 2.24) is 5.32 Å². The second-order valence-corrected chi connectivity index (χ2v) is 4.93. The molecule has 1 saturated heterocycles. The molecule has 0 radical (unpaired) electrons. The van der Waals surface area contributed by atoms with Gasteiger partial charge in [-0.3, -0.25) is 0 Å². The van der Waals surface area contributed by atoms with Gasteiger partial charge in [-0.15, -0.1) is 0 Å². The number of rotatable bonds is 3. The summed E-state index contributed by atoms with van der Waals surface area (Å²) in [6.07, 6.45) is 1.30. The Hall–Kier alpha value is -1.16. The van der Waals surface area contributed by atoms with Crippen LogP contribution in [-0.4, -0.2) is 19.7 Å². The van der Waals surface area contributed by atoms with Gasteiger partial charge < -0.3 is 10.1 Å². The normalized spacial score (nSPS) is 20.2. The van der Waals surface area contributed by atoms with E-state index in [1.165, 1.54) is 7.11 Å². The van der Waals surface area contributed by atoms with Gasteiger partial charge in [-0.1, -0.05) is 6.07 Å². The lowest BCUT2D eigenvalue weighted by Crippen LogP contribution is -2.39. The first-order valence-corrected chi connectivity index (χ1v) is 6.23. The monoisotopic (exact) mass is 255 g/mol. The van der Waals surface area contributed by atoms with E-state index in [2.05, 4.69) is 5.32 Å². The number of aryl methyl sites for hydroxylation is 2. The van der Waals surface area contributed by atoms with Gasteiger partial charge >= 0.3 is 0 Å². The highest BCUT2D eigenvalue weighted by molar-refractivity contribution is 5.46. The summed E-state index contributed by atoms with van der Waals surface area (Å²) < 4.78 is 34.3. The number of nitrogens with one attached hydrogen (secondary N) is 1. The van der Waals surface area contributed by atoms with Crippen molar-refractivity contribution in [3.63, 3.8) is 0 Å². The molecule has 0 saturated carbocycles. The van der Waals surface area contributed by atoms with Crippen LogP contribution in [-0.2, 0) is 5.92 Å². The standard InChI is InChI=1S/C14H19F2NO/c1-9-7-10(2)13(11(8-9)18-3)14(15,16)12-5-4-6-17-12/h7-8,12,17H,4-6H2,1-3H3. The maximum absolute atomic E-state index is 14.6. The highest BCUT2D eigenvalue weighted by Crippen LogP contribution is 2.42. The van der Waals surface area contributed by atoms with Crippen LogP contribution in [0.4, 0.5) is 8.78 Å². The topological polar surface area (TPSA) is 21.3 Å². The van der Waals surface area contributed by atoms with Gasteiger partial charge in [-0.05, 0) is 50.4 Å². The number of benzene rings is 1. The lowest BCUT2D eigenvalue weighted by atomic mass is 9.93. The van der Waals surface area contributed by atoms with Crippen molar-refractivity contribution >= 4 is 0 Å². The molecule has 1 N–H and O–H groups in total. The Balaban J connectivity index is 2.48. The number of ether oxygens (including phenoxy) is 1. The van der Waals surface area contributed by atoms with Crippen molar-refractivity contribution in [1.29, 1.82) is 0 Å². The fraction of sp³-hybridized carbons (Fsp3) is 0.571. The van der Waals surface area contributed by atoms with Gasteiger partial charge in [0.05, 0.1) is 18.7 Å². The largest absolute Gasteiger partial charge is 0.496 e. The Kier molecular flexibility index (Phi) is 3.57. The highest BCUT2D eigenvalue weighted by Gasteiger charge is 2.45. The molecule has 1 unspecified atom stereocenters. The number of alkyl halides is 2. The van der Waals surface area contributed by atoms with E-state index in [9.17, 15) is 8.78 Å². The van der Waals surface area contributed by atoms with Gasteiger partial charge in [0.25, 0.3) is 5.92 Å². The Morgan fingerprint density at radius 2 is 2.06 bits per heavy atom. The molecular weight excluding hydrogens is 236 g/mol. The third-order valence-electron chi connectivity index (χ3n) is 3.49. The van der Waals surface area contributed by atoms with Crippen molar-refractivity contribution in [2.45, 2.75) is 38.7 Å². The molecule has 2 nitrogen and oxygen atoms in total. The number of methoxy groups -OCH3 is 1. The minimum Gasteiger partial charge on any atom is -0.496 e. The third-order valence-corrected chi connectivity index (χ3v) is 3.49. The summed E-state index contributed by atoms with van der Waals surface area (Å²) in [5.41, 5.74) is 1.55. The summed E-state index contributed by atoms with van der Waals surface area (Å²) in [5, 5.41) is 2.88. The molecule has 1 heterocycles. The van der Waals surface area contributed by atoms with Crippen molar-refractivity contribution in [2.75, 3.05) is 13.7 Å².